The quantitative estimate of drug-likeness (QED) is 0.562. The smallest absolute Gasteiger partial charge is 0.255 e. The molecule has 1 N–H and O–H groups in total. The zero-order valence-corrected chi connectivity index (χ0v) is 15.4. The van der Waals surface area contributed by atoms with Crippen LogP contribution >= 0.6 is 0 Å². The number of methoxy groups -OCH3 is 1. The van der Waals surface area contributed by atoms with Gasteiger partial charge in [-0.1, -0.05) is 6.07 Å². The summed E-state index contributed by atoms with van der Waals surface area (Å²) in [5, 5.41) is 2.83. The number of fused-ring (bicyclic) bond motifs is 1. The van der Waals surface area contributed by atoms with Crippen LogP contribution in [0.4, 0.5) is 10.1 Å². The molecular weight excluding hydrogens is 357 g/mol. The topological polar surface area (TPSA) is 55.6 Å². The van der Waals surface area contributed by atoms with Crippen molar-refractivity contribution in [3.8, 4) is 17.0 Å². The summed E-state index contributed by atoms with van der Waals surface area (Å²) in [4.78, 5) is 17.2. The lowest BCUT2D eigenvalue weighted by Gasteiger charge is -2.11. The van der Waals surface area contributed by atoms with Gasteiger partial charge in [-0.05, 0) is 61.0 Å². The Morgan fingerprint density at radius 3 is 2.64 bits per heavy atom. The number of amides is 1. The van der Waals surface area contributed by atoms with Crippen LogP contribution in [0.1, 0.15) is 15.9 Å². The highest BCUT2D eigenvalue weighted by molar-refractivity contribution is 6.05. The van der Waals surface area contributed by atoms with E-state index in [9.17, 15) is 9.18 Å². The highest BCUT2D eigenvalue weighted by Gasteiger charge is 2.13. The van der Waals surface area contributed by atoms with E-state index >= 15 is 0 Å². The maximum Gasteiger partial charge on any atom is 0.255 e. The van der Waals surface area contributed by atoms with Crippen LogP contribution in [0.5, 0.6) is 5.75 Å². The predicted octanol–water partition coefficient (Wildman–Crippen LogP) is 4.71. The minimum Gasteiger partial charge on any atom is -0.495 e. The number of hydrogen-bond acceptors (Lipinski definition) is 3. The van der Waals surface area contributed by atoms with E-state index in [1.165, 1.54) is 31.4 Å². The van der Waals surface area contributed by atoms with E-state index in [1.807, 2.05) is 48.0 Å². The largest absolute Gasteiger partial charge is 0.495 e. The second-order valence-corrected chi connectivity index (χ2v) is 6.42. The monoisotopic (exact) mass is 375 g/mol. The number of ether oxygens (including phenoxy) is 1. The molecule has 0 atom stereocenters. The van der Waals surface area contributed by atoms with E-state index in [-0.39, 0.29) is 5.91 Å². The van der Waals surface area contributed by atoms with Gasteiger partial charge in [0.2, 0.25) is 0 Å². The van der Waals surface area contributed by atoms with Crippen molar-refractivity contribution in [2.24, 2.45) is 0 Å². The summed E-state index contributed by atoms with van der Waals surface area (Å²) < 4.78 is 20.4. The first-order valence-electron chi connectivity index (χ1n) is 8.75. The maximum atomic E-state index is 13.1. The molecule has 140 valence electrons. The number of aryl methyl sites for hydroxylation is 1. The van der Waals surface area contributed by atoms with Gasteiger partial charge in [0.1, 0.15) is 17.2 Å². The predicted molar refractivity (Wildman–Crippen MR) is 106 cm³/mol. The average Bonchev–Trinajstić information content (AvgIpc) is 3.14. The number of anilines is 1. The first-order valence-corrected chi connectivity index (χ1v) is 8.75. The third-order valence-electron chi connectivity index (χ3n) is 4.53. The molecule has 0 spiro atoms. The molecule has 4 aromatic rings. The van der Waals surface area contributed by atoms with Gasteiger partial charge in [0.15, 0.2) is 0 Å². The molecule has 0 aliphatic carbocycles. The molecule has 4 rings (SSSR count). The zero-order chi connectivity index (χ0) is 19.7. The van der Waals surface area contributed by atoms with E-state index in [0.717, 1.165) is 22.5 Å². The fourth-order valence-electron chi connectivity index (χ4n) is 3.05. The van der Waals surface area contributed by atoms with Crippen molar-refractivity contribution >= 4 is 17.2 Å². The molecule has 0 unspecified atom stereocenters. The summed E-state index contributed by atoms with van der Waals surface area (Å²) >= 11 is 0. The van der Waals surface area contributed by atoms with Crippen molar-refractivity contribution in [3.05, 3.63) is 83.9 Å². The number of imidazole rings is 1. The average molecular weight is 375 g/mol. The van der Waals surface area contributed by atoms with E-state index in [4.69, 9.17) is 9.72 Å². The van der Waals surface area contributed by atoms with Gasteiger partial charge in [-0.25, -0.2) is 9.37 Å². The van der Waals surface area contributed by atoms with Crippen LogP contribution in [0.3, 0.4) is 0 Å². The lowest BCUT2D eigenvalue weighted by molar-refractivity contribution is 0.102. The normalized spacial score (nSPS) is 10.8. The number of rotatable bonds is 4. The van der Waals surface area contributed by atoms with Crippen molar-refractivity contribution < 1.29 is 13.9 Å². The first kappa shape index (κ1) is 17.7. The molecule has 2 aromatic heterocycles. The van der Waals surface area contributed by atoms with Gasteiger partial charge in [0, 0.05) is 23.5 Å². The third kappa shape index (κ3) is 3.32. The number of benzene rings is 2. The van der Waals surface area contributed by atoms with Crippen molar-refractivity contribution in [1.82, 2.24) is 9.38 Å². The van der Waals surface area contributed by atoms with E-state index in [0.29, 0.717) is 17.0 Å². The van der Waals surface area contributed by atoms with Crippen molar-refractivity contribution in [1.29, 1.82) is 0 Å². The van der Waals surface area contributed by atoms with Crippen molar-refractivity contribution in [2.45, 2.75) is 6.92 Å². The second kappa shape index (κ2) is 7.15. The number of hydrogen-bond donors (Lipinski definition) is 1. The number of carbonyl (C=O) groups is 1. The minimum atomic E-state index is -0.390. The Bertz CT molecular complexity index is 1170. The highest BCUT2D eigenvalue weighted by Crippen LogP contribution is 2.31. The molecule has 0 bridgehead atoms. The summed E-state index contributed by atoms with van der Waals surface area (Å²) in [6.45, 7) is 2.01. The molecule has 0 aliphatic rings. The highest BCUT2D eigenvalue weighted by atomic mass is 19.1. The van der Waals surface area contributed by atoms with Crippen LogP contribution in [0.15, 0.2) is 67.0 Å². The Morgan fingerprint density at radius 1 is 1.14 bits per heavy atom. The molecule has 28 heavy (non-hydrogen) atoms. The van der Waals surface area contributed by atoms with Gasteiger partial charge < -0.3 is 14.5 Å². The lowest BCUT2D eigenvalue weighted by atomic mass is 10.1. The summed E-state index contributed by atoms with van der Waals surface area (Å²) in [5.41, 5.74) is 4.46. The zero-order valence-electron chi connectivity index (χ0n) is 15.4. The number of halogens is 1. The second-order valence-electron chi connectivity index (χ2n) is 6.42. The number of aromatic nitrogens is 2. The SMILES string of the molecule is COc1ccc(-c2cn3cccc(C)c3n2)cc1NC(=O)c1ccc(F)cc1. The molecular formula is C22H18FN3O2. The summed E-state index contributed by atoms with van der Waals surface area (Å²) in [6.07, 6.45) is 3.88. The summed E-state index contributed by atoms with van der Waals surface area (Å²) in [6, 6.07) is 14.8. The summed E-state index contributed by atoms with van der Waals surface area (Å²) in [5.74, 6) is -0.210. The van der Waals surface area contributed by atoms with Gasteiger partial charge in [0.05, 0.1) is 18.5 Å². The molecule has 1 amide bonds. The Balaban J connectivity index is 1.70. The van der Waals surface area contributed by atoms with Crippen molar-refractivity contribution in [2.75, 3.05) is 12.4 Å². The van der Waals surface area contributed by atoms with Gasteiger partial charge in [-0.2, -0.15) is 0 Å². The molecule has 0 saturated carbocycles. The number of pyridine rings is 1. The number of nitrogens with zero attached hydrogens (tertiary/aromatic N) is 2. The molecule has 2 heterocycles. The fraction of sp³-hybridized carbons (Fsp3) is 0.0909. The molecule has 5 nitrogen and oxygen atoms in total. The van der Waals surface area contributed by atoms with Crippen LogP contribution in [0, 0.1) is 12.7 Å². The van der Waals surface area contributed by atoms with Crippen LogP contribution in [-0.4, -0.2) is 22.4 Å². The van der Waals surface area contributed by atoms with Gasteiger partial charge in [0.25, 0.3) is 5.91 Å². The molecule has 0 fully saturated rings. The van der Waals surface area contributed by atoms with E-state index in [2.05, 4.69) is 5.32 Å². The van der Waals surface area contributed by atoms with Crippen LogP contribution in [0.2, 0.25) is 0 Å². The van der Waals surface area contributed by atoms with Gasteiger partial charge >= 0.3 is 0 Å². The number of carbonyl (C=O) groups excluding carboxylic acids is 1. The molecule has 0 saturated heterocycles. The van der Waals surface area contributed by atoms with E-state index < -0.39 is 5.82 Å². The minimum absolute atomic E-state index is 0.346. The third-order valence-corrected chi connectivity index (χ3v) is 4.53. The maximum absolute atomic E-state index is 13.1. The molecule has 0 aliphatic heterocycles. The van der Waals surface area contributed by atoms with Crippen molar-refractivity contribution in [3.63, 3.8) is 0 Å². The van der Waals surface area contributed by atoms with Crippen LogP contribution in [-0.2, 0) is 0 Å². The first-order chi connectivity index (χ1) is 13.5. The number of nitrogens with one attached hydrogen (secondary N) is 1. The van der Waals surface area contributed by atoms with Gasteiger partial charge in [-0.3, -0.25) is 4.79 Å². The van der Waals surface area contributed by atoms with Gasteiger partial charge in [-0.15, -0.1) is 0 Å². The lowest BCUT2D eigenvalue weighted by Crippen LogP contribution is -2.12. The molecule has 2 aromatic carbocycles. The Kier molecular flexibility index (Phi) is 4.53. The Hall–Kier alpha value is -3.67. The van der Waals surface area contributed by atoms with Crippen LogP contribution in [0.25, 0.3) is 16.9 Å². The standard InChI is InChI=1S/C22H18FN3O2/c1-14-4-3-11-26-13-19(24-21(14)26)16-7-10-20(28-2)18(12-16)25-22(27)15-5-8-17(23)9-6-15/h3-13H,1-2H3,(H,25,27). The molecule has 6 heteroatoms. The van der Waals surface area contributed by atoms with E-state index in [1.54, 1.807) is 6.07 Å². The van der Waals surface area contributed by atoms with Crippen LogP contribution < -0.4 is 10.1 Å². The Labute approximate surface area is 161 Å². The fourth-order valence-corrected chi connectivity index (χ4v) is 3.05. The Morgan fingerprint density at radius 2 is 1.93 bits per heavy atom. The summed E-state index contributed by atoms with van der Waals surface area (Å²) in [7, 11) is 1.54. The molecule has 0 radical (unpaired) electrons.